The third-order valence-corrected chi connectivity index (χ3v) is 2.48. The largest absolute Gasteiger partial charge is 0.481 e. The zero-order valence-electron chi connectivity index (χ0n) is 7.11. The van der Waals surface area contributed by atoms with Crippen molar-refractivity contribution in [2.45, 2.75) is 11.3 Å². The van der Waals surface area contributed by atoms with Crippen LogP contribution in [0.3, 0.4) is 0 Å². The molecular weight excluding hydrogens is 227 g/mol. The second kappa shape index (κ2) is 4.15. The quantitative estimate of drug-likeness (QED) is 0.462. The Morgan fingerprint density at radius 1 is 1.36 bits per heavy atom. The van der Waals surface area contributed by atoms with E-state index in [1.807, 2.05) is 0 Å². The maximum atomic E-state index is 10.7. The summed E-state index contributed by atoms with van der Waals surface area (Å²) in [6.45, 7) is 0. The van der Waals surface area contributed by atoms with Crippen molar-refractivity contribution < 1.29 is 14.7 Å². The fourth-order valence-electron chi connectivity index (χ4n) is 1.15. The van der Waals surface area contributed by atoms with Gasteiger partial charge in [-0.05, 0) is 11.6 Å². The fraction of sp³-hybridized carbons (Fsp3) is 0.333. The van der Waals surface area contributed by atoms with Crippen LogP contribution in [-0.2, 0) is 9.59 Å². The van der Waals surface area contributed by atoms with Gasteiger partial charge in [-0.2, -0.15) is 0 Å². The summed E-state index contributed by atoms with van der Waals surface area (Å²) in [5.74, 6) is -1.50. The van der Waals surface area contributed by atoms with Crippen molar-refractivity contribution in [2.75, 3.05) is 0 Å². The van der Waals surface area contributed by atoms with Gasteiger partial charge in [0, 0.05) is 0 Å². The average Bonchev–Trinajstić information content (AvgIpc) is 2.02. The summed E-state index contributed by atoms with van der Waals surface area (Å²) in [5.41, 5.74) is 0. The van der Waals surface area contributed by atoms with Gasteiger partial charge in [-0.25, -0.2) is 0 Å². The SMILES string of the molecule is O=C(O)CC1(Cl)C=CC(C(=O)Cl)C=C1. The average molecular weight is 235 g/mol. The standard InChI is InChI=1S/C9H8Cl2O3/c10-8(14)6-1-3-9(11,4-2-6)5-7(12)13/h1-4,6H,5H2,(H,12,13). The highest BCUT2D eigenvalue weighted by atomic mass is 35.5. The Morgan fingerprint density at radius 2 is 1.86 bits per heavy atom. The third-order valence-electron chi connectivity index (χ3n) is 1.85. The Balaban J connectivity index is 2.72. The number of hydrogen-bond donors (Lipinski definition) is 1. The van der Waals surface area contributed by atoms with Crippen LogP contribution in [-0.4, -0.2) is 21.2 Å². The first kappa shape index (κ1) is 11.3. The molecule has 0 spiro atoms. The number of carbonyl (C=O) groups excluding carboxylic acids is 1. The Morgan fingerprint density at radius 3 is 2.21 bits per heavy atom. The number of aliphatic carboxylic acids is 1. The molecule has 1 aliphatic carbocycles. The Bertz CT molecular complexity index is 306. The van der Waals surface area contributed by atoms with E-state index < -0.39 is 22.0 Å². The molecule has 14 heavy (non-hydrogen) atoms. The van der Waals surface area contributed by atoms with Crippen molar-refractivity contribution in [1.82, 2.24) is 0 Å². The lowest BCUT2D eigenvalue weighted by atomic mass is 9.94. The van der Waals surface area contributed by atoms with Crippen LogP contribution in [0.5, 0.6) is 0 Å². The van der Waals surface area contributed by atoms with Crippen LogP contribution >= 0.6 is 23.2 Å². The Hall–Kier alpha value is -0.800. The minimum atomic E-state index is -1.03. The number of carbonyl (C=O) groups is 2. The van der Waals surface area contributed by atoms with Crippen LogP contribution in [0, 0.1) is 5.92 Å². The first-order chi connectivity index (χ1) is 6.43. The topological polar surface area (TPSA) is 54.4 Å². The summed E-state index contributed by atoms with van der Waals surface area (Å²) in [6.07, 6.45) is 5.75. The van der Waals surface area contributed by atoms with E-state index in [0.29, 0.717) is 0 Å². The van der Waals surface area contributed by atoms with Gasteiger partial charge >= 0.3 is 5.97 Å². The lowest BCUT2D eigenvalue weighted by Crippen LogP contribution is -2.23. The lowest BCUT2D eigenvalue weighted by molar-refractivity contribution is -0.137. The molecule has 1 rings (SSSR count). The second-order valence-corrected chi connectivity index (χ2v) is 4.12. The first-order valence-electron chi connectivity index (χ1n) is 3.92. The van der Waals surface area contributed by atoms with E-state index >= 15 is 0 Å². The zero-order chi connectivity index (χ0) is 10.8. The molecule has 0 saturated carbocycles. The smallest absolute Gasteiger partial charge is 0.305 e. The van der Waals surface area contributed by atoms with Crippen molar-refractivity contribution in [3.63, 3.8) is 0 Å². The Labute approximate surface area is 91.0 Å². The van der Waals surface area contributed by atoms with Crippen LogP contribution in [0.25, 0.3) is 0 Å². The molecule has 0 aliphatic heterocycles. The van der Waals surface area contributed by atoms with Crippen LogP contribution in [0.2, 0.25) is 0 Å². The van der Waals surface area contributed by atoms with E-state index in [9.17, 15) is 9.59 Å². The molecule has 76 valence electrons. The minimum Gasteiger partial charge on any atom is -0.481 e. The number of rotatable bonds is 3. The third kappa shape index (κ3) is 2.86. The lowest BCUT2D eigenvalue weighted by Gasteiger charge is -2.21. The van der Waals surface area contributed by atoms with E-state index in [1.165, 1.54) is 24.3 Å². The molecule has 0 aromatic rings. The molecule has 0 unspecified atom stereocenters. The number of allylic oxidation sites excluding steroid dienone is 4. The number of carboxylic acid groups (broad SMARTS) is 1. The van der Waals surface area contributed by atoms with Gasteiger partial charge < -0.3 is 5.11 Å². The molecule has 1 N–H and O–H groups in total. The minimum absolute atomic E-state index is 0.218. The monoisotopic (exact) mass is 234 g/mol. The molecule has 0 radical (unpaired) electrons. The summed E-state index contributed by atoms with van der Waals surface area (Å²) >= 11 is 11.2. The summed E-state index contributed by atoms with van der Waals surface area (Å²) in [4.78, 5) is 20.1. The predicted molar refractivity (Wildman–Crippen MR) is 53.5 cm³/mol. The molecule has 1 aliphatic rings. The van der Waals surface area contributed by atoms with Crippen LogP contribution in [0.4, 0.5) is 0 Å². The summed E-state index contributed by atoms with van der Waals surface area (Å²) in [6, 6.07) is 0. The summed E-state index contributed by atoms with van der Waals surface area (Å²) in [7, 11) is 0. The second-order valence-electron chi connectivity index (χ2n) is 3.05. The van der Waals surface area contributed by atoms with E-state index in [2.05, 4.69) is 0 Å². The van der Waals surface area contributed by atoms with Crippen molar-refractivity contribution in [1.29, 1.82) is 0 Å². The molecule has 0 aromatic heterocycles. The predicted octanol–water partition coefficient (Wildman–Crippen LogP) is 1.95. The van der Waals surface area contributed by atoms with Gasteiger partial charge in [-0.3, -0.25) is 9.59 Å². The molecule has 0 aromatic carbocycles. The number of alkyl halides is 1. The maximum absolute atomic E-state index is 10.7. The van der Waals surface area contributed by atoms with Crippen molar-refractivity contribution in [3.8, 4) is 0 Å². The Kier molecular flexibility index (Phi) is 3.34. The van der Waals surface area contributed by atoms with Gasteiger partial charge in [0.05, 0.1) is 17.2 Å². The van der Waals surface area contributed by atoms with E-state index in [1.54, 1.807) is 0 Å². The first-order valence-corrected chi connectivity index (χ1v) is 4.67. The van der Waals surface area contributed by atoms with E-state index in [4.69, 9.17) is 28.3 Å². The molecule has 0 bridgehead atoms. The number of hydrogen-bond acceptors (Lipinski definition) is 2. The van der Waals surface area contributed by atoms with Gasteiger partial charge in [-0.1, -0.05) is 24.3 Å². The highest BCUT2D eigenvalue weighted by Gasteiger charge is 2.28. The van der Waals surface area contributed by atoms with Gasteiger partial charge in [0.2, 0.25) is 5.24 Å². The van der Waals surface area contributed by atoms with Crippen molar-refractivity contribution >= 4 is 34.4 Å². The fourth-order valence-corrected chi connectivity index (χ4v) is 1.55. The zero-order valence-corrected chi connectivity index (χ0v) is 8.63. The molecule has 0 atom stereocenters. The molecule has 0 fully saturated rings. The molecule has 3 nitrogen and oxygen atoms in total. The number of carboxylic acids is 1. The maximum Gasteiger partial charge on any atom is 0.305 e. The summed E-state index contributed by atoms with van der Waals surface area (Å²) < 4.78 is 0. The molecule has 0 heterocycles. The van der Waals surface area contributed by atoms with Crippen LogP contribution in [0.1, 0.15) is 6.42 Å². The van der Waals surface area contributed by atoms with Gasteiger partial charge in [0.1, 0.15) is 0 Å². The molecular formula is C9H8Cl2O3. The van der Waals surface area contributed by atoms with Gasteiger partial charge in [0.15, 0.2) is 0 Å². The highest BCUT2D eigenvalue weighted by molar-refractivity contribution is 6.64. The molecule has 0 amide bonds. The van der Waals surface area contributed by atoms with Crippen LogP contribution in [0.15, 0.2) is 24.3 Å². The van der Waals surface area contributed by atoms with Crippen LogP contribution < -0.4 is 0 Å². The van der Waals surface area contributed by atoms with E-state index in [0.717, 1.165) is 0 Å². The highest BCUT2D eigenvalue weighted by Crippen LogP contribution is 2.29. The van der Waals surface area contributed by atoms with Gasteiger partial charge in [0.25, 0.3) is 0 Å². The van der Waals surface area contributed by atoms with E-state index in [-0.39, 0.29) is 6.42 Å². The summed E-state index contributed by atoms with van der Waals surface area (Å²) in [5, 5.41) is 8.05. The normalized spacial score (nSPS) is 30.3. The van der Waals surface area contributed by atoms with Gasteiger partial charge in [-0.15, -0.1) is 11.6 Å². The molecule has 5 heteroatoms. The van der Waals surface area contributed by atoms with Crippen molar-refractivity contribution in [2.24, 2.45) is 5.92 Å². The molecule has 0 saturated heterocycles. The number of halogens is 2. The van der Waals surface area contributed by atoms with Crippen molar-refractivity contribution in [3.05, 3.63) is 24.3 Å².